The molecule has 0 aromatic heterocycles. The highest BCUT2D eigenvalue weighted by atomic mass is 16.4. The second kappa shape index (κ2) is 8.59. The minimum atomic E-state index is -0.935. The Kier molecular flexibility index (Phi) is 6.69. The summed E-state index contributed by atoms with van der Waals surface area (Å²) in [6.07, 6.45) is 0.473. The molecule has 2 N–H and O–H groups in total. The second-order valence-electron chi connectivity index (χ2n) is 4.04. The van der Waals surface area contributed by atoms with Crippen LogP contribution >= 0.6 is 0 Å². The molecule has 0 atom stereocenters. The molecule has 0 bridgehead atoms. The molecule has 0 aliphatic rings. The summed E-state index contributed by atoms with van der Waals surface area (Å²) in [5.41, 5.74) is 0.674. The molecule has 0 spiro atoms. The van der Waals surface area contributed by atoms with Gasteiger partial charge in [0.05, 0.1) is 6.42 Å². The highest BCUT2D eigenvalue weighted by molar-refractivity contribution is 5.92. The predicted molar refractivity (Wildman–Crippen MR) is 77.5 cm³/mol. The number of hydrogen-bond acceptors (Lipinski definition) is 2. The number of amides is 2. The van der Waals surface area contributed by atoms with Crippen LogP contribution in [-0.4, -0.2) is 30.2 Å². The maximum Gasteiger partial charge on any atom is 0.321 e. The van der Waals surface area contributed by atoms with E-state index in [9.17, 15) is 9.59 Å². The van der Waals surface area contributed by atoms with E-state index in [2.05, 4.69) is 17.2 Å². The average Bonchev–Trinajstić information content (AvgIpc) is 2.44. The first-order chi connectivity index (χ1) is 9.65. The molecule has 0 fully saturated rings. The third-order valence-corrected chi connectivity index (χ3v) is 2.57. The Bertz CT molecular complexity index is 503. The van der Waals surface area contributed by atoms with E-state index in [4.69, 9.17) is 5.11 Å². The van der Waals surface area contributed by atoms with Gasteiger partial charge in [-0.15, -0.1) is 11.8 Å². The van der Waals surface area contributed by atoms with Crippen molar-refractivity contribution in [3.05, 3.63) is 30.3 Å². The molecule has 0 saturated carbocycles. The number of urea groups is 1. The van der Waals surface area contributed by atoms with Crippen LogP contribution < -0.4 is 10.2 Å². The average molecular weight is 274 g/mol. The SMILES string of the molecule is CC#CCCNC(=O)N(CCC(=O)O)c1ccccc1. The summed E-state index contributed by atoms with van der Waals surface area (Å²) in [5.74, 6) is 4.67. The number of hydrogen-bond donors (Lipinski definition) is 2. The van der Waals surface area contributed by atoms with Crippen molar-refractivity contribution < 1.29 is 14.7 Å². The Hall–Kier alpha value is -2.48. The standard InChI is InChI=1S/C15H18N2O3/c1-2-3-7-11-16-15(20)17(12-10-14(18)19)13-8-5-4-6-9-13/h4-6,8-9H,7,10-12H2,1H3,(H,16,20)(H,18,19). The molecule has 1 rings (SSSR count). The molecule has 5 nitrogen and oxygen atoms in total. The first kappa shape index (κ1) is 15.6. The van der Waals surface area contributed by atoms with Gasteiger partial charge in [0, 0.05) is 25.2 Å². The van der Waals surface area contributed by atoms with Gasteiger partial charge in [-0.3, -0.25) is 9.69 Å². The monoisotopic (exact) mass is 274 g/mol. The highest BCUT2D eigenvalue weighted by Gasteiger charge is 2.15. The zero-order valence-corrected chi connectivity index (χ0v) is 11.4. The van der Waals surface area contributed by atoms with Crippen molar-refractivity contribution in [3.63, 3.8) is 0 Å². The molecule has 1 aromatic rings. The van der Waals surface area contributed by atoms with Crippen LogP contribution in [0.4, 0.5) is 10.5 Å². The molecule has 0 radical (unpaired) electrons. The van der Waals surface area contributed by atoms with Crippen LogP contribution in [0.2, 0.25) is 0 Å². The summed E-state index contributed by atoms with van der Waals surface area (Å²) >= 11 is 0. The number of aliphatic carboxylic acids is 1. The number of carbonyl (C=O) groups is 2. The van der Waals surface area contributed by atoms with Crippen LogP contribution in [0.25, 0.3) is 0 Å². The lowest BCUT2D eigenvalue weighted by Crippen LogP contribution is -2.41. The topological polar surface area (TPSA) is 69.6 Å². The smallest absolute Gasteiger partial charge is 0.321 e. The Labute approximate surface area is 118 Å². The zero-order valence-electron chi connectivity index (χ0n) is 11.4. The van der Waals surface area contributed by atoms with E-state index in [1.165, 1.54) is 4.90 Å². The first-order valence-electron chi connectivity index (χ1n) is 6.37. The van der Waals surface area contributed by atoms with Crippen LogP contribution in [0.3, 0.4) is 0 Å². The number of anilines is 1. The van der Waals surface area contributed by atoms with E-state index >= 15 is 0 Å². The van der Waals surface area contributed by atoms with Gasteiger partial charge >= 0.3 is 12.0 Å². The number of benzene rings is 1. The van der Waals surface area contributed by atoms with E-state index in [0.29, 0.717) is 18.7 Å². The van der Waals surface area contributed by atoms with Gasteiger partial charge in [-0.2, -0.15) is 0 Å². The molecule has 0 aliphatic heterocycles. The molecule has 0 unspecified atom stereocenters. The number of nitrogens with one attached hydrogen (secondary N) is 1. The number of para-hydroxylation sites is 1. The Balaban J connectivity index is 2.68. The molecule has 0 heterocycles. The van der Waals surface area contributed by atoms with Crippen LogP contribution in [0, 0.1) is 11.8 Å². The van der Waals surface area contributed by atoms with Gasteiger partial charge in [-0.1, -0.05) is 18.2 Å². The number of nitrogens with zero attached hydrogens (tertiary/aromatic N) is 1. The van der Waals surface area contributed by atoms with E-state index in [1.54, 1.807) is 31.2 Å². The molecule has 2 amide bonds. The molecule has 1 aromatic carbocycles. The molecular weight excluding hydrogens is 256 g/mol. The lowest BCUT2D eigenvalue weighted by Gasteiger charge is -2.22. The largest absolute Gasteiger partial charge is 0.481 e. The number of carboxylic acid groups (broad SMARTS) is 1. The van der Waals surface area contributed by atoms with E-state index in [-0.39, 0.29) is 19.0 Å². The van der Waals surface area contributed by atoms with Crippen LogP contribution in [0.5, 0.6) is 0 Å². The van der Waals surface area contributed by atoms with Gasteiger partial charge in [0.1, 0.15) is 0 Å². The van der Waals surface area contributed by atoms with Gasteiger partial charge in [0.25, 0.3) is 0 Å². The van der Waals surface area contributed by atoms with Crippen molar-refractivity contribution in [2.75, 3.05) is 18.0 Å². The molecule has 5 heteroatoms. The zero-order chi connectivity index (χ0) is 14.8. The van der Waals surface area contributed by atoms with E-state index in [1.807, 2.05) is 6.07 Å². The summed E-state index contributed by atoms with van der Waals surface area (Å²) in [4.78, 5) is 24.2. The fraction of sp³-hybridized carbons (Fsp3) is 0.333. The summed E-state index contributed by atoms with van der Waals surface area (Å²) in [6, 6.07) is 8.68. The van der Waals surface area contributed by atoms with Gasteiger partial charge in [0.15, 0.2) is 0 Å². The molecule has 20 heavy (non-hydrogen) atoms. The Morgan fingerprint density at radius 1 is 1.30 bits per heavy atom. The third kappa shape index (κ3) is 5.44. The molecule has 106 valence electrons. The summed E-state index contributed by atoms with van der Waals surface area (Å²) < 4.78 is 0. The number of carboxylic acids is 1. The van der Waals surface area contributed by atoms with Gasteiger partial charge < -0.3 is 10.4 Å². The summed E-state index contributed by atoms with van der Waals surface area (Å²) in [6.45, 7) is 2.31. The maximum atomic E-state index is 12.1. The first-order valence-corrected chi connectivity index (χ1v) is 6.37. The van der Waals surface area contributed by atoms with Crippen LogP contribution in [-0.2, 0) is 4.79 Å². The van der Waals surface area contributed by atoms with Crippen LogP contribution in [0.15, 0.2) is 30.3 Å². The van der Waals surface area contributed by atoms with E-state index < -0.39 is 5.97 Å². The van der Waals surface area contributed by atoms with Crippen molar-refractivity contribution >= 4 is 17.7 Å². The lowest BCUT2D eigenvalue weighted by molar-refractivity contribution is -0.136. The normalized spacial score (nSPS) is 9.25. The molecule has 0 aliphatic carbocycles. The number of rotatable bonds is 6. The van der Waals surface area contributed by atoms with Crippen LogP contribution in [0.1, 0.15) is 19.8 Å². The number of carbonyl (C=O) groups excluding carboxylic acids is 1. The molecular formula is C15H18N2O3. The van der Waals surface area contributed by atoms with Crippen molar-refractivity contribution in [2.45, 2.75) is 19.8 Å². The molecule has 0 saturated heterocycles. The lowest BCUT2D eigenvalue weighted by atomic mass is 10.2. The summed E-state index contributed by atoms with van der Waals surface area (Å²) in [5, 5.41) is 11.5. The summed E-state index contributed by atoms with van der Waals surface area (Å²) in [7, 11) is 0. The fourth-order valence-corrected chi connectivity index (χ4v) is 1.62. The minimum absolute atomic E-state index is 0.100. The van der Waals surface area contributed by atoms with Gasteiger partial charge in [-0.25, -0.2) is 4.79 Å². The van der Waals surface area contributed by atoms with Gasteiger partial charge in [-0.05, 0) is 19.1 Å². The van der Waals surface area contributed by atoms with Gasteiger partial charge in [0.2, 0.25) is 0 Å². The van der Waals surface area contributed by atoms with Crippen molar-refractivity contribution in [1.82, 2.24) is 5.32 Å². The second-order valence-corrected chi connectivity index (χ2v) is 4.04. The Morgan fingerprint density at radius 3 is 2.60 bits per heavy atom. The van der Waals surface area contributed by atoms with Crippen molar-refractivity contribution in [1.29, 1.82) is 0 Å². The quantitative estimate of drug-likeness (QED) is 0.616. The third-order valence-electron chi connectivity index (χ3n) is 2.57. The fourth-order valence-electron chi connectivity index (χ4n) is 1.62. The highest BCUT2D eigenvalue weighted by Crippen LogP contribution is 2.13. The minimum Gasteiger partial charge on any atom is -0.481 e. The Morgan fingerprint density at radius 2 is 2.00 bits per heavy atom. The van der Waals surface area contributed by atoms with Crippen molar-refractivity contribution in [2.24, 2.45) is 0 Å². The maximum absolute atomic E-state index is 12.1. The van der Waals surface area contributed by atoms with E-state index in [0.717, 1.165) is 0 Å². The van der Waals surface area contributed by atoms with Crippen molar-refractivity contribution in [3.8, 4) is 11.8 Å². The predicted octanol–water partition coefficient (Wildman–Crippen LogP) is 2.09.